The second-order valence-electron chi connectivity index (χ2n) is 5.92. The zero-order chi connectivity index (χ0) is 20.9. The molecule has 0 aromatic heterocycles. The number of anilines is 1. The van der Waals surface area contributed by atoms with E-state index in [1.54, 1.807) is 24.3 Å². The van der Waals surface area contributed by atoms with Gasteiger partial charge in [0.1, 0.15) is 18.4 Å². The summed E-state index contributed by atoms with van der Waals surface area (Å²) in [6.07, 6.45) is 0.998. The lowest BCUT2D eigenvalue weighted by atomic mass is 10.2. The molecule has 0 saturated heterocycles. The zero-order valence-electron chi connectivity index (χ0n) is 15.2. The van der Waals surface area contributed by atoms with Gasteiger partial charge in [-0.3, -0.25) is 9.10 Å². The molecule has 0 aliphatic carbocycles. The Bertz CT molecular complexity index is 936. The fourth-order valence-corrected chi connectivity index (χ4v) is 4.19. The van der Waals surface area contributed by atoms with Gasteiger partial charge >= 0.3 is 0 Å². The molecule has 0 fully saturated rings. The maximum Gasteiger partial charge on any atom is 0.243 e. The van der Waals surface area contributed by atoms with Crippen LogP contribution in [-0.2, 0) is 14.8 Å². The van der Waals surface area contributed by atoms with Crippen molar-refractivity contribution in [3.63, 3.8) is 0 Å². The molecule has 1 atom stereocenters. The van der Waals surface area contributed by atoms with E-state index in [1.165, 1.54) is 25.1 Å². The molecule has 6 nitrogen and oxygen atoms in total. The minimum Gasteiger partial charge on any atom is -0.492 e. The van der Waals surface area contributed by atoms with E-state index >= 15 is 0 Å². The molecule has 0 heterocycles. The number of ether oxygens (including phenoxy) is 1. The lowest BCUT2D eigenvalue weighted by Crippen LogP contribution is -2.48. The number of carbonyl (C=O) groups is 1. The number of hydrogen-bond donors (Lipinski definition) is 1. The summed E-state index contributed by atoms with van der Waals surface area (Å²) in [5, 5.41) is 3.71. The minimum atomic E-state index is -3.79. The van der Waals surface area contributed by atoms with Crippen molar-refractivity contribution in [2.75, 3.05) is 23.7 Å². The largest absolute Gasteiger partial charge is 0.492 e. The third-order valence-corrected chi connectivity index (χ3v) is 5.75. The molecule has 0 saturated carbocycles. The summed E-state index contributed by atoms with van der Waals surface area (Å²) in [6, 6.07) is 10.2. The van der Waals surface area contributed by atoms with Crippen LogP contribution in [0, 0.1) is 0 Å². The molecule has 152 valence electrons. The summed E-state index contributed by atoms with van der Waals surface area (Å²) in [4.78, 5) is 12.5. The van der Waals surface area contributed by atoms with Crippen LogP contribution in [0.5, 0.6) is 5.75 Å². The van der Waals surface area contributed by atoms with E-state index in [0.29, 0.717) is 15.8 Å². The Balaban J connectivity index is 2.03. The fourth-order valence-electron chi connectivity index (χ4n) is 2.46. The number of rotatable bonds is 8. The van der Waals surface area contributed by atoms with Crippen molar-refractivity contribution in [3.05, 3.63) is 57.5 Å². The van der Waals surface area contributed by atoms with E-state index in [-0.39, 0.29) is 23.9 Å². The zero-order valence-corrected chi connectivity index (χ0v) is 18.2. The summed E-state index contributed by atoms with van der Waals surface area (Å²) in [7, 11) is -3.79. The van der Waals surface area contributed by atoms with Crippen molar-refractivity contribution >= 4 is 56.4 Å². The summed E-state index contributed by atoms with van der Waals surface area (Å²) in [5.41, 5.74) is 0.136. The van der Waals surface area contributed by atoms with Crippen LogP contribution in [0.25, 0.3) is 0 Å². The molecule has 0 aliphatic heterocycles. The standard InChI is InChI=1S/C18H19Cl3N2O4S/c1-12(18(24)22-9-10-27-15-6-3-13(19)4-7-15)23(28(2,25)26)17-11-14(20)5-8-16(17)21/h3-8,11-12H,9-10H2,1-2H3,(H,22,24)/t12-/m1/s1. The Kier molecular flexibility index (Phi) is 7.83. The Morgan fingerprint density at radius 2 is 1.71 bits per heavy atom. The number of amides is 1. The van der Waals surface area contributed by atoms with Crippen LogP contribution >= 0.6 is 34.8 Å². The Hall–Kier alpha value is -1.67. The number of benzene rings is 2. The first-order chi connectivity index (χ1) is 13.1. The van der Waals surface area contributed by atoms with Gasteiger partial charge in [0.25, 0.3) is 0 Å². The van der Waals surface area contributed by atoms with E-state index < -0.39 is 22.0 Å². The first-order valence-corrected chi connectivity index (χ1v) is 11.2. The SMILES string of the molecule is C[C@H](C(=O)NCCOc1ccc(Cl)cc1)N(c1cc(Cl)ccc1Cl)S(C)(=O)=O. The van der Waals surface area contributed by atoms with Gasteiger partial charge in [0.2, 0.25) is 15.9 Å². The highest BCUT2D eigenvalue weighted by Gasteiger charge is 2.30. The number of nitrogens with one attached hydrogen (secondary N) is 1. The van der Waals surface area contributed by atoms with E-state index in [1.807, 2.05) is 0 Å². The predicted molar refractivity (Wildman–Crippen MR) is 113 cm³/mol. The van der Waals surface area contributed by atoms with Crippen molar-refractivity contribution in [2.24, 2.45) is 0 Å². The third kappa shape index (κ3) is 6.17. The van der Waals surface area contributed by atoms with Crippen LogP contribution in [0.4, 0.5) is 5.69 Å². The number of hydrogen-bond acceptors (Lipinski definition) is 4. The van der Waals surface area contributed by atoms with Crippen LogP contribution in [0.1, 0.15) is 6.92 Å². The Morgan fingerprint density at radius 1 is 1.11 bits per heavy atom. The highest BCUT2D eigenvalue weighted by Crippen LogP contribution is 2.32. The van der Waals surface area contributed by atoms with Crippen LogP contribution in [-0.4, -0.2) is 39.8 Å². The van der Waals surface area contributed by atoms with Crippen molar-refractivity contribution < 1.29 is 17.9 Å². The quantitative estimate of drug-likeness (QED) is 0.598. The highest BCUT2D eigenvalue weighted by molar-refractivity contribution is 7.92. The van der Waals surface area contributed by atoms with Gasteiger partial charge in [-0.2, -0.15) is 0 Å². The molecule has 2 rings (SSSR count). The van der Waals surface area contributed by atoms with Gasteiger partial charge in [-0.15, -0.1) is 0 Å². The molecule has 0 unspecified atom stereocenters. The molecule has 2 aromatic rings. The number of halogens is 3. The number of sulfonamides is 1. The molecule has 0 aliphatic rings. The summed E-state index contributed by atoms with van der Waals surface area (Å²) < 4.78 is 31.0. The monoisotopic (exact) mass is 464 g/mol. The highest BCUT2D eigenvalue weighted by atomic mass is 35.5. The first-order valence-electron chi connectivity index (χ1n) is 8.20. The maximum atomic E-state index is 12.5. The van der Waals surface area contributed by atoms with Gasteiger partial charge < -0.3 is 10.1 Å². The van der Waals surface area contributed by atoms with Gasteiger partial charge in [0.15, 0.2) is 0 Å². The number of nitrogens with zero attached hydrogens (tertiary/aromatic N) is 1. The normalized spacial score (nSPS) is 12.3. The Morgan fingerprint density at radius 3 is 2.32 bits per heavy atom. The van der Waals surface area contributed by atoms with Gasteiger partial charge in [-0.05, 0) is 49.4 Å². The van der Waals surface area contributed by atoms with Crippen molar-refractivity contribution in [1.82, 2.24) is 5.32 Å². The van der Waals surface area contributed by atoms with Gasteiger partial charge in [-0.25, -0.2) is 8.42 Å². The van der Waals surface area contributed by atoms with Gasteiger partial charge in [0.05, 0.1) is 23.5 Å². The van der Waals surface area contributed by atoms with E-state index in [4.69, 9.17) is 39.5 Å². The van der Waals surface area contributed by atoms with Gasteiger partial charge in [-0.1, -0.05) is 34.8 Å². The smallest absolute Gasteiger partial charge is 0.243 e. The predicted octanol–water partition coefficient (Wildman–Crippen LogP) is 4.00. The van der Waals surface area contributed by atoms with Crippen molar-refractivity contribution in [3.8, 4) is 5.75 Å². The molecular weight excluding hydrogens is 447 g/mol. The Labute approximate surface area is 179 Å². The van der Waals surface area contributed by atoms with Crippen LogP contribution in [0.2, 0.25) is 15.1 Å². The van der Waals surface area contributed by atoms with Crippen molar-refractivity contribution in [1.29, 1.82) is 0 Å². The topological polar surface area (TPSA) is 75.7 Å². The molecule has 28 heavy (non-hydrogen) atoms. The first kappa shape index (κ1) is 22.6. The minimum absolute atomic E-state index is 0.136. The molecule has 0 bridgehead atoms. The van der Waals surface area contributed by atoms with Crippen LogP contribution < -0.4 is 14.4 Å². The fraction of sp³-hybridized carbons (Fsp3) is 0.278. The van der Waals surface area contributed by atoms with E-state index in [2.05, 4.69) is 5.32 Å². The summed E-state index contributed by atoms with van der Waals surface area (Å²) >= 11 is 17.9. The molecule has 1 N–H and O–H groups in total. The summed E-state index contributed by atoms with van der Waals surface area (Å²) in [5.74, 6) is 0.108. The van der Waals surface area contributed by atoms with Gasteiger partial charge in [0, 0.05) is 10.0 Å². The number of carbonyl (C=O) groups excluding carboxylic acids is 1. The van der Waals surface area contributed by atoms with E-state index in [9.17, 15) is 13.2 Å². The van der Waals surface area contributed by atoms with Crippen molar-refractivity contribution in [2.45, 2.75) is 13.0 Å². The molecule has 10 heteroatoms. The third-order valence-electron chi connectivity index (χ3n) is 3.72. The molecule has 1 amide bonds. The lowest BCUT2D eigenvalue weighted by Gasteiger charge is -2.29. The second-order valence-corrected chi connectivity index (χ2v) is 9.06. The average Bonchev–Trinajstić information content (AvgIpc) is 2.62. The van der Waals surface area contributed by atoms with Crippen LogP contribution in [0.15, 0.2) is 42.5 Å². The second kappa shape index (κ2) is 9.69. The molecule has 2 aromatic carbocycles. The molecule has 0 radical (unpaired) electrons. The maximum absolute atomic E-state index is 12.5. The molecule has 0 spiro atoms. The average molecular weight is 466 g/mol. The lowest BCUT2D eigenvalue weighted by molar-refractivity contribution is -0.121. The van der Waals surface area contributed by atoms with E-state index in [0.717, 1.165) is 10.6 Å². The summed E-state index contributed by atoms with van der Waals surface area (Å²) in [6.45, 7) is 1.86. The van der Waals surface area contributed by atoms with Crippen LogP contribution in [0.3, 0.4) is 0 Å². The molecular formula is C18H19Cl3N2O4S.